The van der Waals surface area contributed by atoms with Gasteiger partial charge in [-0.05, 0) is 13.8 Å². The molecule has 0 aliphatic rings. The maximum Gasteiger partial charge on any atom is 0.351 e. The number of rotatable bonds is 8. The van der Waals surface area contributed by atoms with Gasteiger partial charge in [-0.15, -0.1) is 0 Å². The molecule has 0 atom stereocenters. The number of hydrogen-bond donors (Lipinski definition) is 0. The minimum atomic E-state index is -3.25. The summed E-state index contributed by atoms with van der Waals surface area (Å²) < 4.78 is 21.9. The normalized spacial score (nSPS) is 12.9. The summed E-state index contributed by atoms with van der Waals surface area (Å²) in [5.41, 5.74) is 0. The summed E-state index contributed by atoms with van der Waals surface area (Å²) in [6.07, 6.45) is 0.0369. The average Bonchev–Trinajstić information content (AvgIpc) is 2.25. The number of nitrogens with zero attached hydrogens (tertiary/aromatic N) is 1. The zero-order valence-corrected chi connectivity index (χ0v) is 11.4. The van der Waals surface area contributed by atoms with Gasteiger partial charge < -0.3 is 9.05 Å². The Labute approximate surface area is 101 Å². The van der Waals surface area contributed by atoms with Crippen molar-refractivity contribution in [2.24, 2.45) is 4.99 Å². The molecule has 0 unspecified atom stereocenters. The van der Waals surface area contributed by atoms with Crippen LogP contribution in [0.15, 0.2) is 4.99 Å². The van der Waals surface area contributed by atoms with Gasteiger partial charge in [0, 0.05) is 6.42 Å². The van der Waals surface area contributed by atoms with Crippen LogP contribution in [0, 0.1) is 0 Å². The molecular weight excluding hydrogens is 253 g/mol. The molecule has 0 radical (unpaired) electrons. The number of carbonyl (C=O) groups is 1. The smallest absolute Gasteiger partial charge is 0.308 e. The highest BCUT2D eigenvalue weighted by atomic mass is 35.5. The lowest BCUT2D eigenvalue weighted by Gasteiger charge is -2.14. The van der Waals surface area contributed by atoms with Crippen LogP contribution in [0.2, 0.25) is 0 Å². The number of ketones is 1. The second-order valence-electron chi connectivity index (χ2n) is 2.81. The molecule has 0 aromatic carbocycles. The molecule has 0 aliphatic heterocycles. The Morgan fingerprint density at radius 2 is 1.75 bits per heavy atom. The Morgan fingerprint density at radius 1 is 1.25 bits per heavy atom. The van der Waals surface area contributed by atoms with E-state index in [1.165, 1.54) is 0 Å². The van der Waals surface area contributed by atoms with E-state index in [-0.39, 0.29) is 36.9 Å². The van der Waals surface area contributed by atoms with Crippen molar-refractivity contribution in [3.8, 4) is 0 Å². The number of hydrogen-bond acceptors (Lipinski definition) is 5. The summed E-state index contributed by atoms with van der Waals surface area (Å²) >= 11 is 5.61. The lowest BCUT2D eigenvalue weighted by molar-refractivity contribution is -0.112. The molecule has 0 fully saturated rings. The average molecular weight is 270 g/mol. The Balaban J connectivity index is 4.53. The molecule has 0 bridgehead atoms. The van der Waals surface area contributed by atoms with Crippen molar-refractivity contribution in [2.45, 2.75) is 27.2 Å². The minimum Gasteiger partial charge on any atom is -0.308 e. The van der Waals surface area contributed by atoms with E-state index in [0.29, 0.717) is 0 Å². The predicted molar refractivity (Wildman–Crippen MR) is 64.3 cm³/mol. The van der Waals surface area contributed by atoms with E-state index in [0.717, 1.165) is 0 Å². The molecule has 0 spiro atoms. The van der Waals surface area contributed by atoms with Crippen molar-refractivity contribution in [1.82, 2.24) is 0 Å². The van der Waals surface area contributed by atoms with Crippen LogP contribution in [0.25, 0.3) is 0 Å². The van der Waals surface area contributed by atoms with Crippen molar-refractivity contribution in [2.75, 3.05) is 19.5 Å². The van der Waals surface area contributed by atoms with Crippen LogP contribution >= 0.6 is 19.2 Å². The molecule has 0 amide bonds. The molecule has 0 aromatic rings. The fraction of sp³-hybridized carbons (Fsp3) is 0.778. The summed E-state index contributed by atoms with van der Waals surface area (Å²) in [4.78, 5) is 14.8. The van der Waals surface area contributed by atoms with E-state index in [9.17, 15) is 9.36 Å². The maximum absolute atomic E-state index is 11.9. The molecule has 7 heteroatoms. The number of carbonyl (C=O) groups excluding carboxylic acids is 1. The molecule has 5 nitrogen and oxygen atoms in total. The lowest BCUT2D eigenvalue weighted by atomic mass is 10.3. The van der Waals surface area contributed by atoms with Crippen molar-refractivity contribution in [1.29, 1.82) is 0 Å². The summed E-state index contributed by atoms with van der Waals surface area (Å²) in [7, 11) is -3.25. The second kappa shape index (κ2) is 7.96. The Morgan fingerprint density at radius 3 is 2.12 bits per heavy atom. The predicted octanol–water partition coefficient (Wildman–Crippen LogP) is 2.83. The van der Waals surface area contributed by atoms with Crippen molar-refractivity contribution in [3.05, 3.63) is 0 Å². The summed E-state index contributed by atoms with van der Waals surface area (Å²) in [5, 5.41) is -0.165. The maximum atomic E-state index is 11.9. The van der Waals surface area contributed by atoms with E-state index in [2.05, 4.69) is 4.99 Å². The van der Waals surface area contributed by atoms with Crippen LogP contribution in [0.3, 0.4) is 0 Å². The highest BCUT2D eigenvalue weighted by molar-refractivity contribution is 7.53. The van der Waals surface area contributed by atoms with Crippen LogP contribution < -0.4 is 0 Å². The van der Waals surface area contributed by atoms with Crippen LogP contribution in [-0.2, 0) is 18.4 Å². The second-order valence-corrected chi connectivity index (χ2v) is 5.19. The van der Waals surface area contributed by atoms with E-state index in [4.69, 9.17) is 20.6 Å². The molecule has 0 rings (SSSR count). The van der Waals surface area contributed by atoms with Gasteiger partial charge in [-0.3, -0.25) is 14.4 Å². The summed E-state index contributed by atoms with van der Waals surface area (Å²) in [6, 6.07) is 0. The molecule has 0 saturated heterocycles. The fourth-order valence-corrected chi connectivity index (χ4v) is 2.51. The largest absolute Gasteiger partial charge is 0.351 e. The highest BCUT2D eigenvalue weighted by Crippen LogP contribution is 2.47. The van der Waals surface area contributed by atoms with E-state index in [1.807, 2.05) is 0 Å². The summed E-state index contributed by atoms with van der Waals surface area (Å²) in [6.45, 7) is 5.59. The number of Topliss-reactive ketones (excluding diaryl/α,β-unsaturated/α-hetero) is 1. The Kier molecular flexibility index (Phi) is 7.85. The molecule has 0 N–H and O–H groups in total. The minimum absolute atomic E-state index is 0.165. The molecule has 16 heavy (non-hydrogen) atoms. The first-order valence-corrected chi connectivity index (χ1v) is 7.20. The van der Waals surface area contributed by atoms with Gasteiger partial charge >= 0.3 is 7.60 Å². The lowest BCUT2D eigenvalue weighted by Crippen LogP contribution is -2.07. The van der Waals surface area contributed by atoms with Gasteiger partial charge in [0.1, 0.15) is 6.29 Å². The van der Waals surface area contributed by atoms with Crippen LogP contribution in [0.1, 0.15) is 27.2 Å². The standard InChI is InChI=1S/C9H17ClNO4P/c1-4-8(12)9(10)11-7-16(13,14-5-2)15-6-3/h4-7H2,1-3H3/b11-9-. The SMILES string of the molecule is CCOP(=O)(C/N=C(\Cl)C(=O)CC)OCC. The van der Waals surface area contributed by atoms with E-state index < -0.39 is 7.60 Å². The first kappa shape index (κ1) is 15.8. The Bertz CT molecular complexity index is 296. The quantitative estimate of drug-likeness (QED) is 0.502. The molecule has 0 saturated carbocycles. The zero-order chi connectivity index (χ0) is 12.6. The third kappa shape index (κ3) is 5.75. The Hall–Kier alpha value is -0.220. The third-order valence-electron chi connectivity index (χ3n) is 1.59. The summed E-state index contributed by atoms with van der Waals surface area (Å²) in [5.74, 6) is -0.291. The monoisotopic (exact) mass is 269 g/mol. The molecule has 0 aromatic heterocycles. The van der Waals surface area contributed by atoms with Crippen LogP contribution in [0.4, 0.5) is 0 Å². The first-order chi connectivity index (χ1) is 7.49. The zero-order valence-electron chi connectivity index (χ0n) is 9.73. The van der Waals surface area contributed by atoms with Gasteiger partial charge in [0.15, 0.2) is 11.0 Å². The topological polar surface area (TPSA) is 65.0 Å². The van der Waals surface area contributed by atoms with Gasteiger partial charge in [-0.25, -0.2) is 0 Å². The molecule has 0 aliphatic carbocycles. The van der Waals surface area contributed by atoms with Gasteiger partial charge in [0.2, 0.25) is 0 Å². The van der Waals surface area contributed by atoms with Crippen LogP contribution in [-0.4, -0.2) is 30.5 Å². The van der Waals surface area contributed by atoms with Crippen LogP contribution in [0.5, 0.6) is 0 Å². The van der Waals surface area contributed by atoms with Gasteiger partial charge in [0.25, 0.3) is 0 Å². The van der Waals surface area contributed by atoms with Crippen molar-refractivity contribution >= 4 is 30.2 Å². The van der Waals surface area contributed by atoms with Crippen molar-refractivity contribution < 1.29 is 18.4 Å². The van der Waals surface area contributed by atoms with Gasteiger partial charge in [-0.1, -0.05) is 18.5 Å². The fourth-order valence-electron chi connectivity index (χ4n) is 0.895. The molecule has 0 heterocycles. The van der Waals surface area contributed by atoms with Gasteiger partial charge in [0.05, 0.1) is 13.2 Å². The first-order valence-electron chi connectivity index (χ1n) is 5.10. The number of aliphatic imine (C=N–C) groups is 1. The molecular formula is C9H17ClNO4P. The number of halogens is 1. The van der Waals surface area contributed by atoms with Gasteiger partial charge in [-0.2, -0.15) is 0 Å². The molecule has 94 valence electrons. The van der Waals surface area contributed by atoms with Crippen molar-refractivity contribution in [3.63, 3.8) is 0 Å². The third-order valence-corrected chi connectivity index (χ3v) is 3.71. The highest BCUT2D eigenvalue weighted by Gasteiger charge is 2.23. The van der Waals surface area contributed by atoms with E-state index >= 15 is 0 Å². The van der Waals surface area contributed by atoms with E-state index in [1.54, 1.807) is 20.8 Å².